The average molecular weight is 313 g/mol. The van der Waals surface area contributed by atoms with Gasteiger partial charge in [0.2, 0.25) is 0 Å². The maximum Gasteiger partial charge on any atom is 0.311 e. The second kappa shape index (κ2) is 6.32. The van der Waals surface area contributed by atoms with Gasteiger partial charge in [-0.15, -0.1) is 0 Å². The van der Waals surface area contributed by atoms with Crippen LogP contribution in [0.1, 0.15) is 17.3 Å². The first-order valence-corrected chi connectivity index (χ1v) is 7.00. The maximum absolute atomic E-state index is 12.6. The van der Waals surface area contributed by atoms with Gasteiger partial charge in [0.15, 0.2) is 0 Å². The minimum Gasteiger partial charge on any atom is -0.481 e. The average Bonchev–Trinajstić information content (AvgIpc) is 2.92. The van der Waals surface area contributed by atoms with Crippen molar-refractivity contribution in [1.82, 2.24) is 4.90 Å². The Morgan fingerprint density at radius 2 is 2.19 bits per heavy atom. The SMILES string of the molecule is CCN(C(=O)c1ccc(Cl)c(N)c1)C1COCC1C(=O)O. The summed E-state index contributed by atoms with van der Waals surface area (Å²) in [5.74, 6) is -1.94. The van der Waals surface area contributed by atoms with E-state index in [0.717, 1.165) is 0 Å². The summed E-state index contributed by atoms with van der Waals surface area (Å²) >= 11 is 5.84. The summed E-state index contributed by atoms with van der Waals surface area (Å²) in [4.78, 5) is 25.3. The Labute approximate surface area is 127 Å². The van der Waals surface area contributed by atoms with Crippen molar-refractivity contribution in [1.29, 1.82) is 0 Å². The molecule has 0 aliphatic carbocycles. The highest BCUT2D eigenvalue weighted by molar-refractivity contribution is 6.33. The lowest BCUT2D eigenvalue weighted by atomic mass is 10.0. The third-order valence-corrected chi connectivity index (χ3v) is 3.96. The van der Waals surface area contributed by atoms with Crippen LogP contribution >= 0.6 is 11.6 Å². The van der Waals surface area contributed by atoms with Crippen molar-refractivity contribution in [3.8, 4) is 0 Å². The number of anilines is 1. The van der Waals surface area contributed by atoms with Crippen LogP contribution in [0.3, 0.4) is 0 Å². The molecular formula is C14H17ClN2O4. The Morgan fingerprint density at radius 1 is 1.48 bits per heavy atom. The van der Waals surface area contributed by atoms with Gasteiger partial charge in [-0.05, 0) is 25.1 Å². The molecule has 21 heavy (non-hydrogen) atoms. The third-order valence-electron chi connectivity index (χ3n) is 3.61. The standard InChI is InChI=1S/C14H17ClN2O4/c1-2-17(12-7-21-6-9(12)14(19)20)13(18)8-3-4-10(15)11(16)5-8/h3-5,9,12H,2,6-7,16H2,1H3,(H,19,20). The monoisotopic (exact) mass is 312 g/mol. The Bertz CT molecular complexity index is 564. The van der Waals surface area contributed by atoms with Crippen LogP contribution in [0.5, 0.6) is 0 Å². The molecule has 3 N–H and O–H groups in total. The van der Waals surface area contributed by atoms with Crippen LogP contribution in [0.4, 0.5) is 5.69 Å². The number of carbonyl (C=O) groups is 2. The summed E-state index contributed by atoms with van der Waals surface area (Å²) in [5, 5.41) is 9.58. The van der Waals surface area contributed by atoms with Gasteiger partial charge in [0, 0.05) is 12.1 Å². The van der Waals surface area contributed by atoms with E-state index in [1.54, 1.807) is 19.1 Å². The van der Waals surface area contributed by atoms with Gasteiger partial charge in [-0.3, -0.25) is 9.59 Å². The Hall–Kier alpha value is -1.79. The molecule has 1 aromatic rings. The lowest BCUT2D eigenvalue weighted by molar-refractivity contribution is -0.142. The molecule has 1 aliphatic heterocycles. The number of carboxylic acid groups (broad SMARTS) is 1. The van der Waals surface area contributed by atoms with Crippen LogP contribution in [-0.4, -0.2) is 47.7 Å². The van der Waals surface area contributed by atoms with E-state index in [2.05, 4.69) is 0 Å². The second-order valence-corrected chi connectivity index (χ2v) is 5.28. The third kappa shape index (κ3) is 3.11. The molecule has 114 valence electrons. The predicted molar refractivity (Wildman–Crippen MR) is 78.3 cm³/mol. The van der Waals surface area contributed by atoms with Crippen LogP contribution < -0.4 is 5.73 Å². The van der Waals surface area contributed by atoms with Gasteiger partial charge in [0.1, 0.15) is 5.92 Å². The van der Waals surface area contributed by atoms with Crippen molar-refractivity contribution < 1.29 is 19.4 Å². The van der Waals surface area contributed by atoms with E-state index >= 15 is 0 Å². The summed E-state index contributed by atoms with van der Waals surface area (Å²) in [6.45, 7) is 2.53. The molecule has 1 aliphatic rings. The molecule has 2 unspecified atom stereocenters. The number of carbonyl (C=O) groups excluding carboxylic acids is 1. The quantitative estimate of drug-likeness (QED) is 0.822. The van der Waals surface area contributed by atoms with Gasteiger partial charge in [-0.2, -0.15) is 0 Å². The molecule has 2 atom stereocenters. The topological polar surface area (TPSA) is 92.9 Å². The molecule has 1 fully saturated rings. The highest BCUT2D eigenvalue weighted by Gasteiger charge is 2.39. The number of amides is 1. The summed E-state index contributed by atoms with van der Waals surface area (Å²) in [6.07, 6.45) is 0. The van der Waals surface area contributed by atoms with Gasteiger partial charge in [0.05, 0.1) is 30.0 Å². The van der Waals surface area contributed by atoms with E-state index in [4.69, 9.17) is 22.1 Å². The van der Waals surface area contributed by atoms with Crippen molar-refractivity contribution in [2.24, 2.45) is 5.92 Å². The normalized spacial score (nSPS) is 21.2. The molecule has 6 nitrogen and oxygen atoms in total. The van der Waals surface area contributed by atoms with Crippen LogP contribution in [0, 0.1) is 5.92 Å². The van der Waals surface area contributed by atoms with Gasteiger partial charge >= 0.3 is 5.97 Å². The Balaban J connectivity index is 2.26. The number of hydrogen-bond donors (Lipinski definition) is 2. The number of carboxylic acids is 1. The molecule has 7 heteroatoms. The minimum absolute atomic E-state index is 0.118. The van der Waals surface area contributed by atoms with Crippen molar-refractivity contribution in [2.75, 3.05) is 25.5 Å². The largest absolute Gasteiger partial charge is 0.481 e. The summed E-state index contributed by atoms with van der Waals surface area (Å²) in [7, 11) is 0. The van der Waals surface area contributed by atoms with E-state index in [-0.39, 0.29) is 19.1 Å². The number of likely N-dealkylation sites (N-methyl/N-ethyl adjacent to an activating group) is 1. The zero-order chi connectivity index (χ0) is 15.6. The fourth-order valence-corrected chi connectivity index (χ4v) is 2.57. The first-order valence-electron chi connectivity index (χ1n) is 6.62. The number of benzene rings is 1. The van der Waals surface area contributed by atoms with Crippen molar-refractivity contribution in [3.63, 3.8) is 0 Å². The van der Waals surface area contributed by atoms with Crippen LogP contribution in [0.15, 0.2) is 18.2 Å². The fraction of sp³-hybridized carbons (Fsp3) is 0.429. The molecule has 0 aromatic heterocycles. The highest BCUT2D eigenvalue weighted by atomic mass is 35.5. The molecule has 1 heterocycles. The van der Waals surface area contributed by atoms with E-state index in [0.29, 0.717) is 22.8 Å². The van der Waals surface area contributed by atoms with Gasteiger partial charge < -0.3 is 20.5 Å². The van der Waals surface area contributed by atoms with Crippen molar-refractivity contribution in [2.45, 2.75) is 13.0 Å². The molecule has 0 bridgehead atoms. The molecule has 1 aromatic carbocycles. The zero-order valence-electron chi connectivity index (χ0n) is 11.6. The highest BCUT2D eigenvalue weighted by Crippen LogP contribution is 2.24. The lowest BCUT2D eigenvalue weighted by Gasteiger charge is -2.29. The minimum atomic E-state index is -0.959. The van der Waals surface area contributed by atoms with Crippen molar-refractivity contribution >= 4 is 29.2 Å². The number of nitrogen functional groups attached to an aromatic ring is 1. The Morgan fingerprint density at radius 3 is 2.76 bits per heavy atom. The smallest absolute Gasteiger partial charge is 0.311 e. The molecule has 1 saturated heterocycles. The molecule has 1 amide bonds. The van der Waals surface area contributed by atoms with Gasteiger partial charge in [0.25, 0.3) is 5.91 Å². The first kappa shape index (κ1) is 15.6. The number of nitrogens with zero attached hydrogens (tertiary/aromatic N) is 1. The molecule has 0 saturated carbocycles. The number of rotatable bonds is 4. The van der Waals surface area contributed by atoms with Crippen LogP contribution in [0.2, 0.25) is 5.02 Å². The molecule has 2 rings (SSSR count). The van der Waals surface area contributed by atoms with E-state index in [1.165, 1.54) is 11.0 Å². The van der Waals surface area contributed by atoms with Gasteiger partial charge in [-0.25, -0.2) is 0 Å². The fourth-order valence-electron chi connectivity index (χ4n) is 2.46. The van der Waals surface area contributed by atoms with Crippen molar-refractivity contribution in [3.05, 3.63) is 28.8 Å². The van der Waals surface area contributed by atoms with Crippen LogP contribution in [0.25, 0.3) is 0 Å². The maximum atomic E-state index is 12.6. The number of ether oxygens (including phenoxy) is 1. The number of halogens is 1. The lowest BCUT2D eigenvalue weighted by Crippen LogP contribution is -2.46. The van der Waals surface area contributed by atoms with Crippen LogP contribution in [-0.2, 0) is 9.53 Å². The molecule has 0 spiro atoms. The summed E-state index contributed by atoms with van der Waals surface area (Å²) < 4.78 is 5.22. The predicted octanol–water partition coefficient (Wildman–Crippen LogP) is 1.48. The zero-order valence-corrected chi connectivity index (χ0v) is 12.3. The van der Waals surface area contributed by atoms with E-state index in [1.807, 2.05) is 0 Å². The van der Waals surface area contributed by atoms with Gasteiger partial charge in [-0.1, -0.05) is 11.6 Å². The molecular weight excluding hydrogens is 296 g/mol. The summed E-state index contributed by atoms with van der Waals surface area (Å²) in [6, 6.07) is 4.16. The molecule has 0 radical (unpaired) electrons. The van der Waals surface area contributed by atoms with E-state index < -0.39 is 17.9 Å². The first-order chi connectivity index (χ1) is 9.95. The summed E-state index contributed by atoms with van der Waals surface area (Å²) in [5.41, 5.74) is 6.41. The second-order valence-electron chi connectivity index (χ2n) is 4.88. The number of nitrogens with two attached hydrogens (primary N) is 1. The van der Waals surface area contributed by atoms with E-state index in [9.17, 15) is 14.7 Å². The number of aliphatic carboxylic acids is 1. The Kier molecular flexibility index (Phi) is 4.69. The number of hydrogen-bond acceptors (Lipinski definition) is 4.